The lowest BCUT2D eigenvalue weighted by molar-refractivity contribution is -0.121. The molecule has 0 aliphatic carbocycles. The topological polar surface area (TPSA) is 48.0 Å². The van der Waals surface area contributed by atoms with Gasteiger partial charge in [-0.25, -0.2) is 0 Å². The van der Waals surface area contributed by atoms with Gasteiger partial charge >= 0.3 is 0 Å². The minimum absolute atomic E-state index is 0.104. The van der Waals surface area contributed by atoms with Gasteiger partial charge in [-0.2, -0.15) is 0 Å². The first-order chi connectivity index (χ1) is 14.8. The number of thiocarbonyl (C=S) groups is 1. The molecule has 2 aromatic rings. The van der Waals surface area contributed by atoms with E-state index in [0.29, 0.717) is 40.5 Å². The third-order valence-electron chi connectivity index (χ3n) is 4.53. The maximum Gasteiger partial charge on any atom is 0.265 e. The van der Waals surface area contributed by atoms with E-state index >= 15 is 0 Å². The van der Waals surface area contributed by atoms with Gasteiger partial charge < -0.3 is 14.2 Å². The van der Waals surface area contributed by atoms with Gasteiger partial charge in [0, 0.05) is 7.05 Å². The molecule has 5 nitrogen and oxygen atoms in total. The van der Waals surface area contributed by atoms with E-state index in [2.05, 4.69) is 28.9 Å². The van der Waals surface area contributed by atoms with Crippen molar-refractivity contribution in [1.82, 2.24) is 4.90 Å². The third-order valence-corrected chi connectivity index (χ3v) is 6.61. The summed E-state index contributed by atoms with van der Waals surface area (Å²) in [7, 11) is 1.68. The predicted octanol–water partition coefficient (Wildman–Crippen LogP) is 5.75. The number of thioether (sulfide) groups is 1. The third kappa shape index (κ3) is 5.81. The molecule has 3 rings (SSSR count). The normalized spacial score (nSPS) is 15.0. The zero-order valence-electron chi connectivity index (χ0n) is 17.9. The lowest BCUT2D eigenvalue weighted by atomic mass is 10.1. The molecular formula is C23H24BrNO4S2. The zero-order valence-corrected chi connectivity index (χ0v) is 21.1. The molecule has 0 radical (unpaired) electrons. The van der Waals surface area contributed by atoms with Crippen molar-refractivity contribution in [3.05, 3.63) is 56.4 Å². The Hall–Kier alpha value is -2.03. The highest BCUT2D eigenvalue weighted by atomic mass is 79.9. The fraction of sp³-hybridized carbons (Fsp3) is 0.304. The van der Waals surface area contributed by atoms with Crippen molar-refractivity contribution in [3.8, 4) is 17.2 Å². The summed E-state index contributed by atoms with van der Waals surface area (Å²) in [6.07, 6.45) is 1.81. The number of aryl methyl sites for hydroxylation is 2. The van der Waals surface area contributed by atoms with Gasteiger partial charge in [0.1, 0.15) is 23.3 Å². The number of hydrogen-bond donors (Lipinski definition) is 0. The first-order valence-corrected chi connectivity index (χ1v) is 11.8. The molecular weight excluding hydrogens is 498 g/mol. The fourth-order valence-corrected chi connectivity index (χ4v) is 4.78. The van der Waals surface area contributed by atoms with E-state index in [0.717, 1.165) is 21.3 Å². The Morgan fingerprint density at radius 1 is 1.10 bits per heavy atom. The molecule has 8 heteroatoms. The molecule has 1 aliphatic rings. The summed E-state index contributed by atoms with van der Waals surface area (Å²) in [5.74, 6) is 1.95. The molecule has 0 N–H and O–H groups in total. The van der Waals surface area contributed by atoms with Crippen LogP contribution >= 0.6 is 39.9 Å². The van der Waals surface area contributed by atoms with Crippen LogP contribution in [0.15, 0.2) is 39.7 Å². The van der Waals surface area contributed by atoms with Crippen molar-refractivity contribution in [2.75, 3.05) is 26.9 Å². The number of carbonyl (C=O) groups is 1. The lowest BCUT2D eigenvalue weighted by Gasteiger charge is -2.15. The summed E-state index contributed by atoms with van der Waals surface area (Å²) in [6, 6.07) is 9.84. The van der Waals surface area contributed by atoms with Crippen LogP contribution in [0.2, 0.25) is 0 Å². The summed E-state index contributed by atoms with van der Waals surface area (Å²) in [5, 5.41) is 0. The van der Waals surface area contributed by atoms with Gasteiger partial charge in [0.2, 0.25) is 0 Å². The number of rotatable bonds is 8. The molecule has 1 fully saturated rings. The Bertz CT molecular complexity index is 1040. The maximum absolute atomic E-state index is 12.3. The van der Waals surface area contributed by atoms with Gasteiger partial charge in [-0.1, -0.05) is 41.7 Å². The van der Waals surface area contributed by atoms with Gasteiger partial charge in [0.25, 0.3) is 5.91 Å². The van der Waals surface area contributed by atoms with Gasteiger partial charge in [-0.3, -0.25) is 9.69 Å². The Balaban J connectivity index is 1.71. The highest BCUT2D eigenvalue weighted by Gasteiger charge is 2.28. The largest absolute Gasteiger partial charge is 0.490 e. The molecule has 0 spiro atoms. The van der Waals surface area contributed by atoms with Gasteiger partial charge in [-0.05, 0) is 72.1 Å². The van der Waals surface area contributed by atoms with E-state index < -0.39 is 0 Å². The second-order valence-corrected chi connectivity index (χ2v) is 9.50. The fourth-order valence-electron chi connectivity index (χ4n) is 3.03. The summed E-state index contributed by atoms with van der Waals surface area (Å²) in [5.41, 5.74) is 3.12. The first kappa shape index (κ1) is 23.6. The Labute approximate surface area is 200 Å². The number of halogens is 1. The second-order valence-electron chi connectivity index (χ2n) is 6.97. The van der Waals surface area contributed by atoms with Crippen LogP contribution in [0.1, 0.15) is 23.6 Å². The van der Waals surface area contributed by atoms with E-state index in [-0.39, 0.29) is 5.91 Å². The number of ether oxygens (including phenoxy) is 3. The van der Waals surface area contributed by atoms with E-state index in [1.165, 1.54) is 22.2 Å². The van der Waals surface area contributed by atoms with Crippen molar-refractivity contribution in [1.29, 1.82) is 0 Å². The summed E-state index contributed by atoms with van der Waals surface area (Å²) >= 11 is 10.1. The van der Waals surface area contributed by atoms with Crippen LogP contribution in [-0.2, 0) is 4.79 Å². The molecule has 31 heavy (non-hydrogen) atoms. The second kappa shape index (κ2) is 10.5. The molecule has 0 saturated carbocycles. The highest BCUT2D eigenvalue weighted by molar-refractivity contribution is 9.10. The molecule has 0 aromatic heterocycles. The van der Waals surface area contributed by atoms with Crippen LogP contribution in [0.3, 0.4) is 0 Å². The van der Waals surface area contributed by atoms with Crippen LogP contribution in [-0.4, -0.2) is 42.0 Å². The van der Waals surface area contributed by atoms with Crippen LogP contribution in [0.4, 0.5) is 0 Å². The summed E-state index contributed by atoms with van der Waals surface area (Å²) in [4.78, 5) is 14.3. The number of nitrogens with zero attached hydrogens (tertiary/aromatic N) is 1. The van der Waals surface area contributed by atoms with E-state index in [9.17, 15) is 4.79 Å². The van der Waals surface area contributed by atoms with Crippen molar-refractivity contribution < 1.29 is 19.0 Å². The van der Waals surface area contributed by atoms with E-state index in [1.54, 1.807) is 7.05 Å². The van der Waals surface area contributed by atoms with Crippen LogP contribution in [0.25, 0.3) is 6.08 Å². The van der Waals surface area contributed by atoms with Gasteiger partial charge in [0.05, 0.1) is 16.0 Å². The predicted molar refractivity (Wildman–Crippen MR) is 133 cm³/mol. The number of carbonyl (C=O) groups excluding carboxylic acids is 1. The van der Waals surface area contributed by atoms with Gasteiger partial charge in [0.15, 0.2) is 11.5 Å². The SMILES string of the molecule is CCOc1cc(/C=C2/SC(=S)N(C)C2=O)cc(Br)c1OCCOc1ccc(C)cc1C. The first-order valence-electron chi connectivity index (χ1n) is 9.81. The molecule has 1 saturated heterocycles. The minimum atomic E-state index is -0.104. The van der Waals surface area contributed by atoms with Crippen molar-refractivity contribution in [2.24, 2.45) is 0 Å². The molecule has 1 amide bonds. The molecule has 2 aromatic carbocycles. The average molecular weight is 522 g/mol. The summed E-state index contributed by atoms with van der Waals surface area (Å²) in [6.45, 7) is 7.25. The number of hydrogen-bond acceptors (Lipinski definition) is 6. The minimum Gasteiger partial charge on any atom is -0.490 e. The molecule has 1 heterocycles. The number of amides is 1. The van der Waals surface area contributed by atoms with E-state index in [4.69, 9.17) is 26.4 Å². The van der Waals surface area contributed by atoms with Crippen LogP contribution in [0, 0.1) is 13.8 Å². The van der Waals surface area contributed by atoms with Crippen LogP contribution in [0.5, 0.6) is 17.2 Å². The van der Waals surface area contributed by atoms with Crippen molar-refractivity contribution in [2.45, 2.75) is 20.8 Å². The molecule has 0 atom stereocenters. The van der Waals surface area contributed by atoms with Crippen molar-refractivity contribution in [3.63, 3.8) is 0 Å². The maximum atomic E-state index is 12.3. The zero-order chi connectivity index (χ0) is 22.5. The molecule has 164 valence electrons. The highest BCUT2D eigenvalue weighted by Crippen LogP contribution is 2.39. The Morgan fingerprint density at radius 2 is 1.84 bits per heavy atom. The Morgan fingerprint density at radius 3 is 2.48 bits per heavy atom. The quantitative estimate of drug-likeness (QED) is 0.250. The summed E-state index contributed by atoms with van der Waals surface area (Å²) < 4.78 is 18.9. The van der Waals surface area contributed by atoms with E-state index in [1.807, 2.05) is 44.2 Å². The number of likely N-dealkylation sites (N-methyl/N-ethyl adjacent to an activating group) is 1. The Kier molecular flexibility index (Phi) is 8.02. The molecule has 0 bridgehead atoms. The smallest absolute Gasteiger partial charge is 0.265 e. The monoisotopic (exact) mass is 521 g/mol. The average Bonchev–Trinajstić information content (AvgIpc) is 2.95. The molecule has 1 aliphatic heterocycles. The molecule has 0 unspecified atom stereocenters. The van der Waals surface area contributed by atoms with Crippen molar-refractivity contribution >= 4 is 56.2 Å². The van der Waals surface area contributed by atoms with Crippen LogP contribution < -0.4 is 14.2 Å². The standard InChI is InChI=1S/C23H24BrNO4S2/c1-5-27-19-12-16(13-20-22(26)25(4)23(30)31-20)11-17(24)21(19)29-9-8-28-18-7-6-14(2)10-15(18)3/h6-7,10-13H,5,8-9H2,1-4H3/b20-13+. The lowest BCUT2D eigenvalue weighted by Crippen LogP contribution is -2.22. The number of benzene rings is 2. The van der Waals surface area contributed by atoms with Gasteiger partial charge in [-0.15, -0.1) is 0 Å².